The van der Waals surface area contributed by atoms with Crippen molar-refractivity contribution in [1.29, 1.82) is 0 Å². The van der Waals surface area contributed by atoms with Crippen molar-refractivity contribution in [2.45, 2.75) is 0 Å². The maximum absolute atomic E-state index is 10.4. The Labute approximate surface area is 61.2 Å². The molecule has 0 atom stereocenters. The lowest BCUT2D eigenvalue weighted by Crippen LogP contribution is -2.12. The van der Waals surface area contributed by atoms with Crippen LogP contribution in [0.1, 0.15) is 21.2 Å². The smallest absolute Gasteiger partial charge is 0.304 e. The molecule has 4 N–H and O–H groups in total. The number of primary amides is 2. The van der Waals surface area contributed by atoms with Gasteiger partial charge in [-0.15, -0.1) is 0 Å². The second kappa shape index (κ2) is 2.41. The number of hydrogen-bond acceptors (Lipinski definition) is 4. The van der Waals surface area contributed by atoms with Gasteiger partial charge < -0.3 is 15.9 Å². The SMILES string of the molecule is NC(=O)c1cnc(C(N)=O)o1. The number of nitrogens with two attached hydrogens (primary N) is 2. The molecule has 1 aromatic rings. The zero-order valence-corrected chi connectivity index (χ0v) is 5.40. The first-order chi connectivity index (χ1) is 5.11. The van der Waals surface area contributed by atoms with E-state index in [-0.39, 0.29) is 11.7 Å². The van der Waals surface area contributed by atoms with Crippen molar-refractivity contribution in [2.75, 3.05) is 0 Å². The standard InChI is InChI=1S/C5H5N3O3/c6-3(9)2-1-8-5(11-2)4(7)10/h1H,(H2,6,9)(H2,7,10). The molecule has 0 aliphatic carbocycles. The highest BCUT2D eigenvalue weighted by molar-refractivity contribution is 5.92. The van der Waals surface area contributed by atoms with Gasteiger partial charge in [-0.1, -0.05) is 0 Å². The first-order valence-corrected chi connectivity index (χ1v) is 2.66. The number of oxazole rings is 1. The minimum absolute atomic E-state index is 0.182. The maximum Gasteiger partial charge on any atom is 0.304 e. The van der Waals surface area contributed by atoms with Crippen LogP contribution in [0.3, 0.4) is 0 Å². The van der Waals surface area contributed by atoms with Gasteiger partial charge in [0.1, 0.15) is 0 Å². The van der Waals surface area contributed by atoms with Gasteiger partial charge in [0, 0.05) is 0 Å². The predicted octanol–water partition coefficient (Wildman–Crippen LogP) is -1.13. The van der Waals surface area contributed by atoms with Crippen molar-refractivity contribution in [2.24, 2.45) is 11.5 Å². The van der Waals surface area contributed by atoms with E-state index in [4.69, 9.17) is 11.5 Å². The number of carbonyl (C=O) groups excluding carboxylic acids is 2. The van der Waals surface area contributed by atoms with Crippen molar-refractivity contribution in [3.63, 3.8) is 0 Å². The van der Waals surface area contributed by atoms with E-state index in [0.29, 0.717) is 0 Å². The second-order valence-corrected chi connectivity index (χ2v) is 1.76. The van der Waals surface area contributed by atoms with E-state index in [1.165, 1.54) is 0 Å². The average Bonchev–Trinajstić information content (AvgIpc) is 2.33. The fourth-order valence-electron chi connectivity index (χ4n) is 0.502. The Morgan fingerprint density at radius 3 is 2.27 bits per heavy atom. The van der Waals surface area contributed by atoms with E-state index in [2.05, 4.69) is 9.40 Å². The van der Waals surface area contributed by atoms with Crippen LogP contribution in [0.15, 0.2) is 10.6 Å². The fraction of sp³-hybridized carbons (Fsp3) is 0. The molecule has 2 amide bonds. The summed E-state index contributed by atoms with van der Waals surface area (Å²) in [6, 6.07) is 0. The van der Waals surface area contributed by atoms with Crippen LogP contribution in [0, 0.1) is 0 Å². The third-order valence-electron chi connectivity index (χ3n) is 0.959. The summed E-state index contributed by atoms with van der Waals surface area (Å²) in [5, 5.41) is 0. The molecule has 0 aliphatic heterocycles. The lowest BCUT2D eigenvalue weighted by Gasteiger charge is -1.84. The molecule has 0 fully saturated rings. The van der Waals surface area contributed by atoms with Gasteiger partial charge in [-0.2, -0.15) is 0 Å². The lowest BCUT2D eigenvalue weighted by atomic mass is 10.5. The Morgan fingerprint density at radius 1 is 1.36 bits per heavy atom. The third-order valence-corrected chi connectivity index (χ3v) is 0.959. The van der Waals surface area contributed by atoms with Crippen LogP contribution in [0.2, 0.25) is 0 Å². The van der Waals surface area contributed by atoms with Crippen LogP contribution in [0.5, 0.6) is 0 Å². The molecule has 1 aromatic heterocycles. The van der Waals surface area contributed by atoms with E-state index in [1.807, 2.05) is 0 Å². The topological polar surface area (TPSA) is 112 Å². The van der Waals surface area contributed by atoms with Gasteiger partial charge in [0.15, 0.2) is 0 Å². The van der Waals surface area contributed by atoms with Crippen molar-refractivity contribution < 1.29 is 14.0 Å². The summed E-state index contributed by atoms with van der Waals surface area (Å²) in [5.74, 6) is -2.12. The highest BCUT2D eigenvalue weighted by Gasteiger charge is 2.11. The Balaban J connectivity index is 2.99. The molecule has 0 bridgehead atoms. The predicted molar refractivity (Wildman–Crippen MR) is 33.5 cm³/mol. The molecule has 6 nitrogen and oxygen atoms in total. The summed E-state index contributed by atoms with van der Waals surface area (Å²) in [6.07, 6.45) is 1.04. The third kappa shape index (κ3) is 1.34. The minimum atomic E-state index is -0.836. The molecular formula is C5H5N3O3. The van der Waals surface area contributed by atoms with E-state index in [0.717, 1.165) is 6.20 Å². The summed E-state index contributed by atoms with van der Waals surface area (Å²) in [7, 11) is 0. The Hall–Kier alpha value is -1.85. The van der Waals surface area contributed by atoms with Gasteiger partial charge in [0.25, 0.3) is 11.8 Å². The van der Waals surface area contributed by atoms with Crippen molar-refractivity contribution in [3.05, 3.63) is 17.8 Å². The summed E-state index contributed by atoms with van der Waals surface area (Å²) in [4.78, 5) is 24.1. The molecule has 58 valence electrons. The lowest BCUT2D eigenvalue weighted by molar-refractivity contribution is 0.0947. The summed E-state index contributed by atoms with van der Waals surface area (Å²) < 4.78 is 4.55. The summed E-state index contributed by atoms with van der Waals surface area (Å²) >= 11 is 0. The van der Waals surface area contributed by atoms with Crippen LogP contribution in [0.25, 0.3) is 0 Å². The number of hydrogen-bond donors (Lipinski definition) is 2. The van der Waals surface area contributed by atoms with Gasteiger partial charge in [-0.3, -0.25) is 9.59 Å². The van der Waals surface area contributed by atoms with Crippen molar-refractivity contribution in [3.8, 4) is 0 Å². The molecule has 6 heteroatoms. The van der Waals surface area contributed by atoms with E-state index >= 15 is 0 Å². The zero-order chi connectivity index (χ0) is 8.43. The van der Waals surface area contributed by atoms with Crippen LogP contribution in [-0.2, 0) is 0 Å². The second-order valence-electron chi connectivity index (χ2n) is 1.76. The van der Waals surface area contributed by atoms with Crippen LogP contribution < -0.4 is 11.5 Å². The quantitative estimate of drug-likeness (QED) is 0.562. The normalized spacial score (nSPS) is 9.45. The molecule has 1 rings (SSSR count). The largest absolute Gasteiger partial charge is 0.427 e. The zero-order valence-electron chi connectivity index (χ0n) is 5.40. The van der Waals surface area contributed by atoms with Crippen LogP contribution in [0.4, 0.5) is 0 Å². The van der Waals surface area contributed by atoms with E-state index in [9.17, 15) is 9.59 Å². The highest BCUT2D eigenvalue weighted by atomic mass is 16.4. The van der Waals surface area contributed by atoms with Gasteiger partial charge in [0.05, 0.1) is 6.20 Å². The molecular weight excluding hydrogens is 150 g/mol. The van der Waals surface area contributed by atoms with Gasteiger partial charge >= 0.3 is 5.91 Å². The van der Waals surface area contributed by atoms with Gasteiger partial charge in [-0.25, -0.2) is 4.98 Å². The molecule has 0 aromatic carbocycles. The van der Waals surface area contributed by atoms with Crippen LogP contribution in [-0.4, -0.2) is 16.8 Å². The monoisotopic (exact) mass is 155 g/mol. The van der Waals surface area contributed by atoms with Crippen molar-refractivity contribution in [1.82, 2.24) is 4.98 Å². The Bertz CT molecular complexity index is 275. The number of carbonyl (C=O) groups is 2. The van der Waals surface area contributed by atoms with Crippen LogP contribution >= 0.6 is 0 Å². The minimum Gasteiger partial charge on any atom is -0.427 e. The fourth-order valence-corrected chi connectivity index (χ4v) is 0.502. The first-order valence-electron chi connectivity index (χ1n) is 2.66. The molecule has 0 aliphatic rings. The number of amides is 2. The maximum atomic E-state index is 10.4. The Morgan fingerprint density at radius 2 is 2.00 bits per heavy atom. The summed E-state index contributed by atoms with van der Waals surface area (Å²) in [6.45, 7) is 0. The van der Waals surface area contributed by atoms with Gasteiger partial charge in [0.2, 0.25) is 5.76 Å². The molecule has 0 saturated carbocycles. The first kappa shape index (κ1) is 7.26. The van der Waals surface area contributed by atoms with E-state index < -0.39 is 11.8 Å². The molecule has 1 heterocycles. The van der Waals surface area contributed by atoms with Crippen molar-refractivity contribution >= 4 is 11.8 Å². The molecule has 0 spiro atoms. The number of aromatic nitrogens is 1. The average molecular weight is 155 g/mol. The highest BCUT2D eigenvalue weighted by Crippen LogP contribution is 2.00. The molecule has 0 radical (unpaired) electrons. The van der Waals surface area contributed by atoms with Gasteiger partial charge in [-0.05, 0) is 0 Å². The molecule has 0 unspecified atom stereocenters. The number of rotatable bonds is 2. The molecule has 0 saturated heterocycles. The molecule has 11 heavy (non-hydrogen) atoms. The number of nitrogens with zero attached hydrogens (tertiary/aromatic N) is 1. The summed E-state index contributed by atoms with van der Waals surface area (Å²) in [5.41, 5.74) is 9.58. The Kier molecular flexibility index (Phi) is 1.59. The van der Waals surface area contributed by atoms with E-state index in [1.54, 1.807) is 0 Å².